The maximum Gasteiger partial charge on any atom is 0.226 e. The van der Waals surface area contributed by atoms with E-state index in [0.29, 0.717) is 5.02 Å². The molecular weight excluding hydrogens is 348 g/mol. The zero-order valence-electron chi connectivity index (χ0n) is 15.6. The minimum absolute atomic E-state index is 0.0586. The number of benzene rings is 2. The molecule has 4 nitrogen and oxygen atoms in total. The number of amides is 2. The van der Waals surface area contributed by atoms with Crippen LogP contribution < -0.4 is 10.6 Å². The summed E-state index contributed by atoms with van der Waals surface area (Å²) in [4.78, 5) is 24.0. The van der Waals surface area contributed by atoms with Gasteiger partial charge < -0.3 is 10.6 Å². The fraction of sp³-hybridized carbons (Fsp3) is 0.333. The molecule has 0 aromatic heterocycles. The van der Waals surface area contributed by atoms with Crippen molar-refractivity contribution in [2.45, 2.75) is 45.6 Å². The van der Waals surface area contributed by atoms with Crippen molar-refractivity contribution in [3.05, 3.63) is 64.7 Å². The van der Waals surface area contributed by atoms with Crippen LogP contribution in [-0.4, -0.2) is 11.8 Å². The highest BCUT2D eigenvalue weighted by Gasteiger charge is 2.20. The van der Waals surface area contributed by atoms with Crippen LogP contribution in [0, 0.1) is 0 Å². The summed E-state index contributed by atoms with van der Waals surface area (Å²) in [6.45, 7) is 7.85. The molecule has 0 fully saturated rings. The smallest absolute Gasteiger partial charge is 0.226 e. The Kier molecular flexibility index (Phi) is 6.43. The number of anilines is 1. The summed E-state index contributed by atoms with van der Waals surface area (Å²) >= 11 is 6.22. The van der Waals surface area contributed by atoms with Gasteiger partial charge in [0.2, 0.25) is 11.8 Å². The molecule has 0 aliphatic rings. The van der Waals surface area contributed by atoms with E-state index in [9.17, 15) is 9.59 Å². The predicted octanol–water partition coefficient (Wildman–Crippen LogP) is 4.84. The van der Waals surface area contributed by atoms with Gasteiger partial charge in [-0.15, -0.1) is 0 Å². The molecule has 2 N–H and O–H groups in total. The highest BCUT2D eigenvalue weighted by atomic mass is 35.5. The molecule has 2 aromatic carbocycles. The van der Waals surface area contributed by atoms with Gasteiger partial charge in [-0.1, -0.05) is 62.7 Å². The highest BCUT2D eigenvalue weighted by molar-refractivity contribution is 6.31. The lowest BCUT2D eigenvalue weighted by atomic mass is 9.87. The van der Waals surface area contributed by atoms with Gasteiger partial charge in [0.1, 0.15) is 0 Å². The lowest BCUT2D eigenvalue weighted by molar-refractivity contribution is -0.120. The van der Waals surface area contributed by atoms with Crippen LogP contribution in [0.25, 0.3) is 0 Å². The van der Waals surface area contributed by atoms with Crippen LogP contribution in [0.3, 0.4) is 0 Å². The van der Waals surface area contributed by atoms with Gasteiger partial charge in [-0.3, -0.25) is 9.59 Å². The first-order valence-corrected chi connectivity index (χ1v) is 8.96. The van der Waals surface area contributed by atoms with Crippen LogP contribution in [0.5, 0.6) is 0 Å². The second-order valence-electron chi connectivity index (χ2n) is 7.35. The number of hydrogen-bond acceptors (Lipinski definition) is 2. The molecule has 0 spiro atoms. The molecule has 0 bridgehead atoms. The minimum Gasteiger partial charge on any atom is -0.349 e. The molecule has 0 saturated heterocycles. The van der Waals surface area contributed by atoms with Gasteiger partial charge in [0.15, 0.2) is 0 Å². The largest absolute Gasteiger partial charge is 0.349 e. The Labute approximate surface area is 159 Å². The number of halogens is 1. The third kappa shape index (κ3) is 5.60. The van der Waals surface area contributed by atoms with Crippen molar-refractivity contribution in [2.75, 3.05) is 5.32 Å². The lowest BCUT2D eigenvalue weighted by Gasteiger charge is -2.20. The van der Waals surface area contributed by atoms with Crippen LogP contribution in [0.2, 0.25) is 5.02 Å². The summed E-state index contributed by atoms with van der Waals surface area (Å²) in [5.41, 5.74) is 2.71. The van der Waals surface area contributed by atoms with Crippen molar-refractivity contribution in [1.82, 2.24) is 5.32 Å². The molecule has 5 heteroatoms. The van der Waals surface area contributed by atoms with Gasteiger partial charge >= 0.3 is 0 Å². The van der Waals surface area contributed by atoms with E-state index in [4.69, 9.17) is 11.6 Å². The molecule has 0 aliphatic carbocycles. The topological polar surface area (TPSA) is 58.2 Å². The number of carbonyl (C=O) groups excluding carboxylic acids is 2. The number of carbonyl (C=O) groups is 2. The molecule has 26 heavy (non-hydrogen) atoms. The van der Waals surface area contributed by atoms with Crippen molar-refractivity contribution >= 4 is 29.1 Å². The van der Waals surface area contributed by atoms with E-state index in [0.717, 1.165) is 11.3 Å². The van der Waals surface area contributed by atoms with E-state index in [2.05, 4.69) is 31.4 Å². The van der Waals surface area contributed by atoms with Crippen LogP contribution in [-0.2, 0) is 15.0 Å². The van der Waals surface area contributed by atoms with Crippen molar-refractivity contribution in [1.29, 1.82) is 0 Å². The third-order valence-electron chi connectivity index (χ3n) is 4.08. The summed E-state index contributed by atoms with van der Waals surface area (Å²) in [5, 5.41) is 6.20. The van der Waals surface area contributed by atoms with E-state index >= 15 is 0 Å². The van der Waals surface area contributed by atoms with Gasteiger partial charge in [0.25, 0.3) is 0 Å². The second-order valence-corrected chi connectivity index (χ2v) is 7.76. The van der Waals surface area contributed by atoms with Gasteiger partial charge in [-0.2, -0.15) is 0 Å². The summed E-state index contributed by atoms with van der Waals surface area (Å²) in [6, 6.07) is 14.5. The van der Waals surface area contributed by atoms with Crippen molar-refractivity contribution in [2.24, 2.45) is 0 Å². The SMILES string of the molecule is CC(=O)N[C@@H](CC(=O)Nc1ccc(C(C)(C)C)cc1)c1ccccc1Cl. The van der Waals surface area contributed by atoms with E-state index < -0.39 is 6.04 Å². The van der Waals surface area contributed by atoms with Gasteiger partial charge in [0, 0.05) is 17.6 Å². The summed E-state index contributed by atoms with van der Waals surface area (Å²) in [6.07, 6.45) is 0.102. The van der Waals surface area contributed by atoms with Gasteiger partial charge in [-0.25, -0.2) is 0 Å². The molecule has 1 atom stereocenters. The molecule has 0 unspecified atom stereocenters. The first kappa shape index (κ1) is 20.0. The molecule has 0 aliphatic heterocycles. The Balaban J connectivity index is 2.10. The van der Waals surface area contributed by atoms with E-state index in [1.807, 2.05) is 42.5 Å². The Hall–Kier alpha value is -2.33. The zero-order valence-corrected chi connectivity index (χ0v) is 16.4. The Morgan fingerprint density at radius 1 is 1.04 bits per heavy atom. The van der Waals surface area contributed by atoms with E-state index in [1.54, 1.807) is 6.07 Å². The molecule has 2 aromatic rings. The predicted molar refractivity (Wildman–Crippen MR) is 106 cm³/mol. The molecule has 2 rings (SSSR count). The maximum absolute atomic E-state index is 12.5. The third-order valence-corrected chi connectivity index (χ3v) is 4.43. The number of rotatable bonds is 5. The monoisotopic (exact) mass is 372 g/mol. The Bertz CT molecular complexity index is 779. The highest BCUT2D eigenvalue weighted by Crippen LogP contribution is 2.26. The standard InChI is InChI=1S/C21H25ClN2O2/c1-14(25)23-19(17-7-5-6-8-18(17)22)13-20(26)24-16-11-9-15(10-12-16)21(2,3)4/h5-12,19H,13H2,1-4H3,(H,23,25)(H,24,26)/t19-/m0/s1. The second kappa shape index (κ2) is 8.37. The molecule has 0 radical (unpaired) electrons. The summed E-state index contributed by atoms with van der Waals surface area (Å²) < 4.78 is 0. The Morgan fingerprint density at radius 3 is 2.19 bits per heavy atom. The molecule has 2 amide bonds. The minimum atomic E-state index is -0.477. The molecular formula is C21H25ClN2O2. The van der Waals surface area contributed by atoms with Crippen LogP contribution >= 0.6 is 11.6 Å². The van der Waals surface area contributed by atoms with Gasteiger partial charge in [-0.05, 0) is 34.7 Å². The van der Waals surface area contributed by atoms with E-state index in [-0.39, 0.29) is 23.7 Å². The quantitative estimate of drug-likeness (QED) is 0.788. The number of hydrogen-bond donors (Lipinski definition) is 2. The molecule has 0 heterocycles. The molecule has 0 saturated carbocycles. The van der Waals surface area contributed by atoms with Crippen LogP contribution in [0.4, 0.5) is 5.69 Å². The first-order chi connectivity index (χ1) is 12.2. The Morgan fingerprint density at radius 2 is 1.65 bits per heavy atom. The van der Waals surface area contributed by atoms with Crippen molar-refractivity contribution in [3.63, 3.8) is 0 Å². The van der Waals surface area contributed by atoms with Crippen LogP contribution in [0.15, 0.2) is 48.5 Å². The zero-order chi connectivity index (χ0) is 19.3. The average molecular weight is 373 g/mol. The molecule has 138 valence electrons. The van der Waals surface area contributed by atoms with E-state index in [1.165, 1.54) is 12.5 Å². The lowest BCUT2D eigenvalue weighted by Crippen LogP contribution is -2.30. The van der Waals surface area contributed by atoms with Gasteiger partial charge in [0.05, 0.1) is 12.5 Å². The van der Waals surface area contributed by atoms with Crippen molar-refractivity contribution in [3.8, 4) is 0 Å². The normalized spacial score (nSPS) is 12.3. The summed E-state index contributed by atoms with van der Waals surface area (Å²) in [5.74, 6) is -0.399. The maximum atomic E-state index is 12.5. The summed E-state index contributed by atoms with van der Waals surface area (Å²) in [7, 11) is 0. The average Bonchev–Trinajstić information content (AvgIpc) is 2.54. The fourth-order valence-corrected chi connectivity index (χ4v) is 2.96. The number of nitrogens with one attached hydrogen (secondary N) is 2. The first-order valence-electron chi connectivity index (χ1n) is 8.59. The fourth-order valence-electron chi connectivity index (χ4n) is 2.69. The van der Waals surface area contributed by atoms with Crippen LogP contribution in [0.1, 0.15) is 51.3 Å². The van der Waals surface area contributed by atoms with Crippen molar-refractivity contribution < 1.29 is 9.59 Å².